The second-order valence-corrected chi connectivity index (χ2v) is 5.72. The molecule has 7 nitrogen and oxygen atoms in total. The molecule has 2 rings (SSSR count). The van der Waals surface area contributed by atoms with Crippen molar-refractivity contribution in [2.45, 2.75) is 31.8 Å². The minimum atomic E-state index is -4.65. The third kappa shape index (κ3) is 4.98. The Morgan fingerprint density at radius 3 is 2.42 bits per heavy atom. The number of nitrogens with zero attached hydrogens (tertiary/aromatic N) is 2. The van der Waals surface area contributed by atoms with Gasteiger partial charge in [-0.15, -0.1) is 0 Å². The second-order valence-electron chi connectivity index (χ2n) is 5.72. The Hall–Kier alpha value is -3.04. The van der Waals surface area contributed by atoms with Crippen LogP contribution in [0.3, 0.4) is 0 Å². The van der Waals surface area contributed by atoms with E-state index in [0.29, 0.717) is 5.56 Å². The molecule has 0 bridgehead atoms. The topological polar surface area (TPSA) is 93.5 Å². The molecule has 140 valence electrons. The Bertz CT molecular complexity index is 777. The summed E-state index contributed by atoms with van der Waals surface area (Å²) in [5, 5.41) is 14.8. The third-order valence-corrected chi connectivity index (χ3v) is 3.47. The zero-order valence-corrected chi connectivity index (χ0v) is 13.7. The van der Waals surface area contributed by atoms with Gasteiger partial charge >= 0.3 is 18.2 Å². The highest BCUT2D eigenvalue weighted by Gasteiger charge is 2.38. The number of benzene rings is 1. The molecule has 10 heteroatoms. The number of alkyl carbamates (subject to hydrolysis) is 1. The van der Waals surface area contributed by atoms with E-state index in [0.717, 1.165) is 23.9 Å². The van der Waals surface area contributed by atoms with Gasteiger partial charge in [0.2, 0.25) is 0 Å². The molecule has 1 amide bonds. The predicted octanol–water partition coefficient (Wildman–Crippen LogP) is 2.67. The molecule has 0 saturated heterocycles. The molecule has 0 radical (unpaired) electrons. The number of halogens is 3. The van der Waals surface area contributed by atoms with Crippen molar-refractivity contribution >= 4 is 12.1 Å². The molecule has 0 saturated carbocycles. The van der Waals surface area contributed by atoms with Crippen molar-refractivity contribution in [2.24, 2.45) is 0 Å². The van der Waals surface area contributed by atoms with Gasteiger partial charge in [-0.05, 0) is 18.6 Å². The van der Waals surface area contributed by atoms with E-state index < -0.39 is 36.0 Å². The zero-order chi connectivity index (χ0) is 19.4. The molecule has 1 aromatic carbocycles. The minimum Gasteiger partial charge on any atom is -0.479 e. The van der Waals surface area contributed by atoms with Gasteiger partial charge in [-0.3, -0.25) is 4.68 Å². The van der Waals surface area contributed by atoms with E-state index in [2.05, 4.69) is 10.4 Å². The van der Waals surface area contributed by atoms with Crippen LogP contribution in [0.2, 0.25) is 0 Å². The van der Waals surface area contributed by atoms with Gasteiger partial charge in [0.15, 0.2) is 11.2 Å². The van der Waals surface area contributed by atoms with Crippen LogP contribution in [0.4, 0.5) is 18.0 Å². The third-order valence-electron chi connectivity index (χ3n) is 3.47. The lowest BCUT2D eigenvalue weighted by molar-refractivity contribution is -0.144. The van der Waals surface area contributed by atoms with E-state index in [1.807, 2.05) is 0 Å². The van der Waals surface area contributed by atoms with Crippen LogP contribution in [-0.4, -0.2) is 32.5 Å². The highest BCUT2D eigenvalue weighted by Crippen LogP contribution is 2.27. The lowest BCUT2D eigenvalue weighted by Gasteiger charge is -2.25. The van der Waals surface area contributed by atoms with Crippen LogP contribution in [0.1, 0.15) is 18.2 Å². The first-order valence-corrected chi connectivity index (χ1v) is 7.43. The molecule has 1 unspecified atom stereocenters. The number of rotatable bonds is 6. The first-order valence-electron chi connectivity index (χ1n) is 7.43. The average Bonchev–Trinajstić information content (AvgIpc) is 3.02. The maximum atomic E-state index is 12.6. The number of alkyl halides is 3. The number of aromatic nitrogens is 2. The highest BCUT2D eigenvalue weighted by molar-refractivity contribution is 5.83. The molecule has 26 heavy (non-hydrogen) atoms. The summed E-state index contributed by atoms with van der Waals surface area (Å²) in [6, 6.07) is 9.42. The molecule has 1 atom stereocenters. The molecular formula is C16H16F3N3O4. The van der Waals surface area contributed by atoms with Gasteiger partial charge in [0.25, 0.3) is 0 Å². The van der Waals surface area contributed by atoms with Crippen LogP contribution in [0.5, 0.6) is 0 Å². The quantitative estimate of drug-likeness (QED) is 0.814. The number of hydrogen-bond acceptors (Lipinski definition) is 4. The molecular weight excluding hydrogens is 355 g/mol. The number of carbonyl (C=O) groups is 2. The summed E-state index contributed by atoms with van der Waals surface area (Å²) in [4.78, 5) is 23.4. The van der Waals surface area contributed by atoms with E-state index in [1.54, 1.807) is 30.3 Å². The van der Waals surface area contributed by atoms with Crippen molar-refractivity contribution < 1.29 is 32.6 Å². The number of carboxylic acid groups (broad SMARTS) is 1. The van der Waals surface area contributed by atoms with Gasteiger partial charge in [-0.1, -0.05) is 30.3 Å². The van der Waals surface area contributed by atoms with Crippen LogP contribution >= 0.6 is 0 Å². The summed E-state index contributed by atoms with van der Waals surface area (Å²) >= 11 is 0. The summed E-state index contributed by atoms with van der Waals surface area (Å²) in [6.45, 7) is 0.551. The van der Waals surface area contributed by atoms with Crippen LogP contribution < -0.4 is 5.32 Å². The van der Waals surface area contributed by atoms with E-state index in [-0.39, 0.29) is 6.61 Å². The van der Waals surface area contributed by atoms with Crippen LogP contribution in [0.15, 0.2) is 42.6 Å². The first-order chi connectivity index (χ1) is 12.1. The fourth-order valence-electron chi connectivity index (χ4n) is 2.07. The van der Waals surface area contributed by atoms with Gasteiger partial charge in [0.1, 0.15) is 6.61 Å². The van der Waals surface area contributed by atoms with E-state index in [1.165, 1.54) is 0 Å². The van der Waals surface area contributed by atoms with E-state index >= 15 is 0 Å². The van der Waals surface area contributed by atoms with Gasteiger partial charge in [0.05, 0.1) is 6.54 Å². The maximum absolute atomic E-state index is 12.6. The van der Waals surface area contributed by atoms with Crippen molar-refractivity contribution in [2.75, 3.05) is 0 Å². The fourth-order valence-corrected chi connectivity index (χ4v) is 2.07. The molecule has 0 spiro atoms. The van der Waals surface area contributed by atoms with Crippen LogP contribution in [-0.2, 0) is 28.9 Å². The Morgan fingerprint density at radius 2 is 1.88 bits per heavy atom. The summed E-state index contributed by atoms with van der Waals surface area (Å²) in [5.74, 6) is -1.45. The molecule has 0 aliphatic heterocycles. The molecule has 0 aliphatic carbocycles. The second kappa shape index (κ2) is 7.46. The smallest absolute Gasteiger partial charge is 0.435 e. The largest absolute Gasteiger partial charge is 0.479 e. The van der Waals surface area contributed by atoms with E-state index in [4.69, 9.17) is 4.74 Å². The minimum absolute atomic E-state index is 0.0810. The first kappa shape index (κ1) is 19.3. The number of amides is 1. The zero-order valence-electron chi connectivity index (χ0n) is 13.7. The number of ether oxygens (including phenoxy) is 1. The monoisotopic (exact) mass is 371 g/mol. The number of nitrogens with one attached hydrogen (secondary N) is 1. The Kier molecular flexibility index (Phi) is 5.53. The van der Waals surface area contributed by atoms with Crippen molar-refractivity contribution in [3.05, 3.63) is 53.9 Å². The summed E-state index contributed by atoms with van der Waals surface area (Å²) < 4.78 is 43.5. The van der Waals surface area contributed by atoms with Gasteiger partial charge in [-0.2, -0.15) is 18.3 Å². The fraction of sp³-hybridized carbons (Fsp3) is 0.312. The van der Waals surface area contributed by atoms with Crippen molar-refractivity contribution in [1.29, 1.82) is 0 Å². The Balaban J connectivity index is 2.03. The van der Waals surface area contributed by atoms with Gasteiger partial charge in [0, 0.05) is 6.20 Å². The van der Waals surface area contributed by atoms with E-state index in [9.17, 15) is 27.9 Å². The number of hydrogen-bond donors (Lipinski definition) is 2. The lowest BCUT2D eigenvalue weighted by atomic mass is 10.0. The predicted molar refractivity (Wildman–Crippen MR) is 83.0 cm³/mol. The average molecular weight is 371 g/mol. The Labute approximate surface area is 146 Å². The maximum Gasteiger partial charge on any atom is 0.435 e. The van der Waals surface area contributed by atoms with Crippen molar-refractivity contribution in [3.8, 4) is 0 Å². The molecule has 1 aromatic heterocycles. The molecule has 0 aliphatic rings. The van der Waals surface area contributed by atoms with Crippen molar-refractivity contribution in [1.82, 2.24) is 15.1 Å². The molecule has 0 fully saturated rings. The number of aliphatic carboxylic acids is 1. The van der Waals surface area contributed by atoms with Crippen LogP contribution in [0, 0.1) is 0 Å². The molecule has 2 N–H and O–H groups in total. The normalized spacial score (nSPS) is 13.7. The standard InChI is InChI=1S/C16H16F3N3O4/c1-15(13(23)24,10-22-8-7-12(21-22)16(17,18)19)20-14(25)26-9-11-5-3-2-4-6-11/h2-8H,9-10H2,1H3,(H,20,25)(H,23,24). The van der Waals surface area contributed by atoms with Gasteiger partial charge < -0.3 is 15.2 Å². The van der Waals surface area contributed by atoms with Crippen molar-refractivity contribution in [3.63, 3.8) is 0 Å². The summed E-state index contributed by atoms with van der Waals surface area (Å²) in [5.41, 5.74) is -2.37. The SMILES string of the molecule is CC(Cn1ccc(C(F)(F)F)n1)(NC(=O)OCc1ccccc1)C(=O)O. The Morgan fingerprint density at radius 1 is 1.23 bits per heavy atom. The lowest BCUT2D eigenvalue weighted by Crippen LogP contribution is -2.55. The molecule has 1 heterocycles. The highest BCUT2D eigenvalue weighted by atomic mass is 19.4. The summed E-state index contributed by atoms with van der Waals surface area (Å²) in [7, 11) is 0. The molecule has 2 aromatic rings. The number of carbonyl (C=O) groups excluding carboxylic acids is 1. The number of carboxylic acids is 1. The summed E-state index contributed by atoms with van der Waals surface area (Å²) in [6.07, 6.45) is -4.67. The van der Waals surface area contributed by atoms with Crippen LogP contribution in [0.25, 0.3) is 0 Å². The van der Waals surface area contributed by atoms with Gasteiger partial charge in [-0.25, -0.2) is 9.59 Å².